The summed E-state index contributed by atoms with van der Waals surface area (Å²) >= 11 is 1.44. The van der Waals surface area contributed by atoms with Gasteiger partial charge in [0.25, 0.3) is 0 Å². The van der Waals surface area contributed by atoms with Crippen molar-refractivity contribution >= 4 is 11.8 Å². The Morgan fingerprint density at radius 3 is 2.95 bits per heavy atom. The lowest BCUT2D eigenvalue weighted by molar-refractivity contribution is 0.615. The molecule has 0 radical (unpaired) electrons. The molecule has 0 saturated heterocycles. The maximum Gasteiger partial charge on any atom is 0.124 e. The van der Waals surface area contributed by atoms with E-state index in [1.165, 1.54) is 24.2 Å². The minimum atomic E-state index is -0.215. The van der Waals surface area contributed by atoms with Crippen LogP contribution in [0.3, 0.4) is 0 Å². The zero-order chi connectivity index (χ0) is 13.5. The lowest BCUT2D eigenvalue weighted by atomic mass is 10.2. The Balaban J connectivity index is 2.08. The molecule has 0 aliphatic heterocycles. The van der Waals surface area contributed by atoms with Gasteiger partial charge < -0.3 is 5.32 Å². The molecule has 1 heterocycles. The van der Waals surface area contributed by atoms with Gasteiger partial charge in [-0.15, -0.1) is 0 Å². The van der Waals surface area contributed by atoms with E-state index < -0.39 is 0 Å². The molecule has 0 unspecified atom stereocenters. The second kappa shape index (κ2) is 7.21. The first-order valence-corrected chi connectivity index (χ1v) is 7.03. The van der Waals surface area contributed by atoms with Crippen LogP contribution in [0.15, 0.2) is 46.7 Å². The number of hydrogen-bond donors (Lipinski definition) is 1. The summed E-state index contributed by atoms with van der Waals surface area (Å²) in [6, 6.07) is 6.88. The van der Waals surface area contributed by atoms with Crippen LogP contribution in [-0.4, -0.2) is 16.5 Å². The SMILES string of the molecule is CCCNCc1cc(F)cc(Sc2ccncn2)c1. The van der Waals surface area contributed by atoms with Gasteiger partial charge in [0.15, 0.2) is 0 Å². The maximum absolute atomic E-state index is 13.6. The van der Waals surface area contributed by atoms with E-state index in [1.54, 1.807) is 12.3 Å². The third-order valence-electron chi connectivity index (χ3n) is 2.46. The first-order chi connectivity index (χ1) is 9.28. The molecule has 3 nitrogen and oxygen atoms in total. The fraction of sp³-hybridized carbons (Fsp3) is 0.286. The van der Waals surface area contributed by atoms with Crippen LogP contribution < -0.4 is 5.32 Å². The third kappa shape index (κ3) is 4.61. The summed E-state index contributed by atoms with van der Waals surface area (Å²) in [6.07, 6.45) is 4.24. The van der Waals surface area contributed by atoms with E-state index >= 15 is 0 Å². The first-order valence-electron chi connectivity index (χ1n) is 6.22. The molecule has 0 saturated carbocycles. The molecule has 5 heteroatoms. The molecule has 0 spiro atoms. The van der Waals surface area contributed by atoms with E-state index in [2.05, 4.69) is 22.2 Å². The lowest BCUT2D eigenvalue weighted by Crippen LogP contribution is -2.13. The van der Waals surface area contributed by atoms with Gasteiger partial charge in [-0.3, -0.25) is 0 Å². The Bertz CT molecular complexity index is 519. The lowest BCUT2D eigenvalue weighted by Gasteiger charge is -2.06. The van der Waals surface area contributed by atoms with Gasteiger partial charge in [-0.25, -0.2) is 14.4 Å². The zero-order valence-corrected chi connectivity index (χ0v) is 11.6. The minimum absolute atomic E-state index is 0.215. The number of benzene rings is 1. The summed E-state index contributed by atoms with van der Waals surface area (Å²) in [7, 11) is 0. The molecule has 0 bridgehead atoms. The van der Waals surface area contributed by atoms with E-state index in [1.807, 2.05) is 12.1 Å². The zero-order valence-electron chi connectivity index (χ0n) is 10.8. The van der Waals surface area contributed by atoms with Crippen molar-refractivity contribution in [2.24, 2.45) is 0 Å². The van der Waals surface area contributed by atoms with Crippen molar-refractivity contribution in [1.29, 1.82) is 0 Å². The topological polar surface area (TPSA) is 37.8 Å². The van der Waals surface area contributed by atoms with Gasteiger partial charge in [-0.2, -0.15) is 0 Å². The molecule has 0 atom stereocenters. The molecule has 0 fully saturated rings. The second-order valence-electron chi connectivity index (χ2n) is 4.12. The summed E-state index contributed by atoms with van der Waals surface area (Å²) in [5.74, 6) is -0.215. The minimum Gasteiger partial charge on any atom is -0.313 e. The van der Waals surface area contributed by atoms with Crippen molar-refractivity contribution in [3.63, 3.8) is 0 Å². The van der Waals surface area contributed by atoms with E-state index in [4.69, 9.17) is 0 Å². The summed E-state index contributed by atoms with van der Waals surface area (Å²) < 4.78 is 13.6. The monoisotopic (exact) mass is 277 g/mol. The fourth-order valence-corrected chi connectivity index (χ4v) is 2.50. The normalized spacial score (nSPS) is 10.6. The number of rotatable bonds is 6. The number of nitrogens with zero attached hydrogens (tertiary/aromatic N) is 2. The van der Waals surface area contributed by atoms with Crippen molar-refractivity contribution in [1.82, 2.24) is 15.3 Å². The molecule has 0 aliphatic rings. The van der Waals surface area contributed by atoms with Crippen molar-refractivity contribution in [3.05, 3.63) is 48.2 Å². The average molecular weight is 277 g/mol. The van der Waals surface area contributed by atoms with Gasteiger partial charge >= 0.3 is 0 Å². The molecule has 1 aromatic heterocycles. The van der Waals surface area contributed by atoms with Crippen LogP contribution in [0.1, 0.15) is 18.9 Å². The highest BCUT2D eigenvalue weighted by Crippen LogP contribution is 2.27. The summed E-state index contributed by atoms with van der Waals surface area (Å²) in [4.78, 5) is 8.84. The Morgan fingerprint density at radius 1 is 1.32 bits per heavy atom. The quantitative estimate of drug-likeness (QED) is 0.649. The van der Waals surface area contributed by atoms with E-state index in [-0.39, 0.29) is 5.82 Å². The second-order valence-corrected chi connectivity index (χ2v) is 5.22. The molecule has 1 aromatic carbocycles. The first kappa shape index (κ1) is 14.0. The molecule has 1 N–H and O–H groups in total. The fourth-order valence-electron chi connectivity index (χ4n) is 1.65. The smallest absolute Gasteiger partial charge is 0.124 e. The van der Waals surface area contributed by atoms with Crippen LogP contribution in [0.4, 0.5) is 4.39 Å². The molecule has 100 valence electrons. The van der Waals surface area contributed by atoms with Crippen molar-refractivity contribution in [2.75, 3.05) is 6.54 Å². The number of hydrogen-bond acceptors (Lipinski definition) is 4. The Kier molecular flexibility index (Phi) is 5.30. The van der Waals surface area contributed by atoms with E-state index in [0.717, 1.165) is 28.5 Å². The highest BCUT2D eigenvalue weighted by molar-refractivity contribution is 7.99. The van der Waals surface area contributed by atoms with E-state index in [9.17, 15) is 4.39 Å². The number of halogens is 1. The summed E-state index contributed by atoms with van der Waals surface area (Å²) in [6.45, 7) is 3.72. The van der Waals surface area contributed by atoms with Gasteiger partial charge in [0.1, 0.15) is 17.2 Å². The van der Waals surface area contributed by atoms with Crippen LogP contribution in [0.25, 0.3) is 0 Å². The summed E-state index contributed by atoms with van der Waals surface area (Å²) in [5, 5.41) is 4.08. The van der Waals surface area contributed by atoms with Crippen LogP contribution in [0, 0.1) is 5.82 Å². The predicted octanol–water partition coefficient (Wildman–Crippen LogP) is 3.27. The molecular weight excluding hydrogens is 261 g/mol. The highest BCUT2D eigenvalue weighted by atomic mass is 32.2. The van der Waals surface area contributed by atoms with Crippen LogP contribution in [0.5, 0.6) is 0 Å². The van der Waals surface area contributed by atoms with Gasteiger partial charge in [-0.05, 0) is 42.8 Å². The van der Waals surface area contributed by atoms with Crippen LogP contribution >= 0.6 is 11.8 Å². The maximum atomic E-state index is 13.6. The Labute approximate surface area is 116 Å². The average Bonchev–Trinajstić information content (AvgIpc) is 2.39. The molecule has 0 aliphatic carbocycles. The van der Waals surface area contributed by atoms with Gasteiger partial charge in [0, 0.05) is 17.6 Å². The molecule has 19 heavy (non-hydrogen) atoms. The largest absolute Gasteiger partial charge is 0.313 e. The van der Waals surface area contributed by atoms with Crippen LogP contribution in [-0.2, 0) is 6.54 Å². The highest BCUT2D eigenvalue weighted by Gasteiger charge is 2.03. The predicted molar refractivity (Wildman–Crippen MR) is 74.6 cm³/mol. The van der Waals surface area contributed by atoms with Crippen LogP contribution in [0.2, 0.25) is 0 Å². The molecular formula is C14H16FN3S. The van der Waals surface area contributed by atoms with Gasteiger partial charge in [-0.1, -0.05) is 18.7 Å². The summed E-state index contributed by atoms with van der Waals surface area (Å²) in [5.41, 5.74) is 0.949. The van der Waals surface area contributed by atoms with Crippen molar-refractivity contribution < 1.29 is 4.39 Å². The molecule has 2 rings (SSSR count). The number of aromatic nitrogens is 2. The Hall–Kier alpha value is -1.46. The number of nitrogens with one attached hydrogen (secondary N) is 1. The molecule has 0 amide bonds. The molecule has 2 aromatic rings. The van der Waals surface area contributed by atoms with Crippen molar-refractivity contribution in [3.8, 4) is 0 Å². The standard InChI is InChI=1S/C14H16FN3S/c1-2-4-16-9-11-6-12(15)8-13(7-11)19-14-3-5-17-10-18-14/h3,5-8,10,16H,2,4,9H2,1H3. The Morgan fingerprint density at radius 2 is 2.21 bits per heavy atom. The van der Waals surface area contributed by atoms with Gasteiger partial charge in [0.05, 0.1) is 0 Å². The van der Waals surface area contributed by atoms with E-state index in [0.29, 0.717) is 6.54 Å². The van der Waals surface area contributed by atoms with Crippen molar-refractivity contribution in [2.45, 2.75) is 29.8 Å². The third-order valence-corrected chi connectivity index (χ3v) is 3.39. The van der Waals surface area contributed by atoms with Gasteiger partial charge in [0.2, 0.25) is 0 Å².